The summed E-state index contributed by atoms with van der Waals surface area (Å²) in [5, 5.41) is 9.32. The van der Waals surface area contributed by atoms with Crippen molar-refractivity contribution in [3.05, 3.63) is 59.2 Å². The van der Waals surface area contributed by atoms with Crippen molar-refractivity contribution in [2.24, 2.45) is 0 Å². The number of hydrogen-bond donors (Lipinski definition) is 1. The van der Waals surface area contributed by atoms with Gasteiger partial charge in [0.25, 0.3) is 0 Å². The molecule has 0 saturated heterocycles. The van der Waals surface area contributed by atoms with Crippen LogP contribution in [0.2, 0.25) is 0 Å². The zero-order valence-corrected chi connectivity index (χ0v) is 11.3. The highest BCUT2D eigenvalue weighted by Gasteiger charge is 2.12. The van der Waals surface area contributed by atoms with Crippen LogP contribution in [0.1, 0.15) is 34.8 Å². The van der Waals surface area contributed by atoms with Crippen molar-refractivity contribution in [1.29, 1.82) is 0 Å². The molecule has 0 spiro atoms. The molecule has 1 N–H and O–H groups in total. The Labute approximate surface area is 113 Å². The zero-order chi connectivity index (χ0) is 13.8. The van der Waals surface area contributed by atoms with Crippen LogP contribution in [0.4, 0.5) is 0 Å². The van der Waals surface area contributed by atoms with Crippen LogP contribution in [-0.2, 0) is 6.42 Å². The molecule has 0 aliphatic rings. The first kappa shape index (κ1) is 13.3. The standard InChI is InChI=1S/C17H18O2/c1-3-5-13-6-4-7-14(11-13)15-9-8-12(2)10-16(15)17(18)19/h4,6-11H,3,5H2,1-2H3,(H,18,19). The number of aromatic carboxylic acids is 1. The fourth-order valence-corrected chi connectivity index (χ4v) is 2.27. The molecule has 0 aliphatic heterocycles. The third kappa shape index (κ3) is 3.02. The molecule has 0 atom stereocenters. The summed E-state index contributed by atoms with van der Waals surface area (Å²) in [7, 11) is 0. The molecule has 0 unspecified atom stereocenters. The van der Waals surface area contributed by atoms with Gasteiger partial charge in [-0.25, -0.2) is 4.79 Å². The lowest BCUT2D eigenvalue weighted by Crippen LogP contribution is -2.00. The van der Waals surface area contributed by atoms with E-state index >= 15 is 0 Å². The van der Waals surface area contributed by atoms with E-state index in [0.717, 1.165) is 29.5 Å². The first-order chi connectivity index (χ1) is 9.11. The summed E-state index contributed by atoms with van der Waals surface area (Å²) >= 11 is 0. The Morgan fingerprint density at radius 2 is 1.95 bits per heavy atom. The minimum atomic E-state index is -0.875. The largest absolute Gasteiger partial charge is 0.478 e. The molecular formula is C17H18O2. The monoisotopic (exact) mass is 254 g/mol. The predicted octanol–water partition coefficient (Wildman–Crippen LogP) is 4.31. The molecule has 0 fully saturated rings. The summed E-state index contributed by atoms with van der Waals surface area (Å²) in [6.45, 7) is 4.05. The first-order valence-corrected chi connectivity index (χ1v) is 6.55. The number of benzene rings is 2. The predicted molar refractivity (Wildman–Crippen MR) is 77.6 cm³/mol. The quantitative estimate of drug-likeness (QED) is 0.882. The Kier molecular flexibility index (Phi) is 4.00. The lowest BCUT2D eigenvalue weighted by atomic mass is 9.96. The van der Waals surface area contributed by atoms with Gasteiger partial charge in [0, 0.05) is 0 Å². The molecule has 2 heteroatoms. The van der Waals surface area contributed by atoms with Gasteiger partial charge in [0.15, 0.2) is 0 Å². The van der Waals surface area contributed by atoms with E-state index in [0.29, 0.717) is 5.56 Å². The topological polar surface area (TPSA) is 37.3 Å². The summed E-state index contributed by atoms with van der Waals surface area (Å²) in [4.78, 5) is 11.4. The van der Waals surface area contributed by atoms with E-state index in [1.165, 1.54) is 5.56 Å². The van der Waals surface area contributed by atoms with Crippen LogP contribution >= 0.6 is 0 Å². The van der Waals surface area contributed by atoms with Crippen LogP contribution in [0.5, 0.6) is 0 Å². The van der Waals surface area contributed by atoms with Gasteiger partial charge in [0.05, 0.1) is 5.56 Å². The van der Waals surface area contributed by atoms with Gasteiger partial charge < -0.3 is 5.11 Å². The van der Waals surface area contributed by atoms with Gasteiger partial charge in [-0.15, -0.1) is 0 Å². The van der Waals surface area contributed by atoms with Crippen LogP contribution in [0.25, 0.3) is 11.1 Å². The fourth-order valence-electron chi connectivity index (χ4n) is 2.27. The zero-order valence-electron chi connectivity index (χ0n) is 11.3. The Hall–Kier alpha value is -2.09. The summed E-state index contributed by atoms with van der Waals surface area (Å²) in [6, 6.07) is 13.7. The highest BCUT2D eigenvalue weighted by Crippen LogP contribution is 2.26. The van der Waals surface area contributed by atoms with Crippen LogP contribution < -0.4 is 0 Å². The number of rotatable bonds is 4. The number of hydrogen-bond acceptors (Lipinski definition) is 1. The first-order valence-electron chi connectivity index (χ1n) is 6.55. The Balaban J connectivity index is 2.52. The second kappa shape index (κ2) is 5.70. The van der Waals surface area contributed by atoms with Crippen molar-refractivity contribution < 1.29 is 9.90 Å². The van der Waals surface area contributed by atoms with Gasteiger partial charge >= 0.3 is 5.97 Å². The molecule has 0 bridgehead atoms. The van der Waals surface area contributed by atoms with Crippen molar-refractivity contribution in [2.75, 3.05) is 0 Å². The third-order valence-electron chi connectivity index (χ3n) is 3.18. The molecule has 0 amide bonds. The van der Waals surface area contributed by atoms with Crippen LogP contribution in [0.3, 0.4) is 0 Å². The number of aryl methyl sites for hydroxylation is 2. The molecule has 19 heavy (non-hydrogen) atoms. The van der Waals surface area contributed by atoms with E-state index in [1.54, 1.807) is 6.07 Å². The molecule has 0 saturated carbocycles. The number of carboxylic acids is 1. The molecule has 2 aromatic rings. The second-order valence-corrected chi connectivity index (χ2v) is 4.80. The average Bonchev–Trinajstić information content (AvgIpc) is 2.39. The van der Waals surface area contributed by atoms with Crippen LogP contribution in [0, 0.1) is 6.92 Å². The molecule has 2 rings (SSSR count). The molecular weight excluding hydrogens is 236 g/mol. The fraction of sp³-hybridized carbons (Fsp3) is 0.235. The minimum Gasteiger partial charge on any atom is -0.478 e. The van der Waals surface area contributed by atoms with Crippen molar-refractivity contribution in [2.45, 2.75) is 26.7 Å². The lowest BCUT2D eigenvalue weighted by molar-refractivity contribution is 0.0697. The number of carbonyl (C=O) groups is 1. The van der Waals surface area contributed by atoms with Crippen LogP contribution in [-0.4, -0.2) is 11.1 Å². The summed E-state index contributed by atoms with van der Waals surface area (Å²) < 4.78 is 0. The molecule has 2 nitrogen and oxygen atoms in total. The molecule has 98 valence electrons. The maximum absolute atomic E-state index is 11.4. The lowest BCUT2D eigenvalue weighted by Gasteiger charge is -2.09. The van der Waals surface area contributed by atoms with Gasteiger partial charge in [0.2, 0.25) is 0 Å². The van der Waals surface area contributed by atoms with E-state index in [9.17, 15) is 9.90 Å². The van der Waals surface area contributed by atoms with Crippen molar-refractivity contribution in [1.82, 2.24) is 0 Å². The Morgan fingerprint density at radius 1 is 1.16 bits per heavy atom. The highest BCUT2D eigenvalue weighted by molar-refractivity contribution is 5.96. The minimum absolute atomic E-state index is 0.369. The van der Waals surface area contributed by atoms with E-state index < -0.39 is 5.97 Å². The highest BCUT2D eigenvalue weighted by atomic mass is 16.4. The maximum Gasteiger partial charge on any atom is 0.336 e. The molecule has 0 heterocycles. The van der Waals surface area contributed by atoms with Gasteiger partial charge in [-0.1, -0.05) is 55.3 Å². The average molecular weight is 254 g/mol. The summed E-state index contributed by atoms with van der Waals surface area (Å²) in [6.07, 6.45) is 2.10. The van der Waals surface area contributed by atoms with E-state index in [-0.39, 0.29) is 0 Å². The smallest absolute Gasteiger partial charge is 0.336 e. The Morgan fingerprint density at radius 3 is 2.63 bits per heavy atom. The van der Waals surface area contributed by atoms with E-state index in [4.69, 9.17) is 0 Å². The normalized spacial score (nSPS) is 10.4. The van der Waals surface area contributed by atoms with Gasteiger partial charge in [-0.05, 0) is 36.1 Å². The Bertz CT molecular complexity index is 600. The third-order valence-corrected chi connectivity index (χ3v) is 3.18. The molecule has 0 radical (unpaired) electrons. The number of carboxylic acid groups (broad SMARTS) is 1. The van der Waals surface area contributed by atoms with Crippen molar-refractivity contribution in [3.63, 3.8) is 0 Å². The van der Waals surface area contributed by atoms with Crippen LogP contribution in [0.15, 0.2) is 42.5 Å². The van der Waals surface area contributed by atoms with E-state index in [1.807, 2.05) is 31.2 Å². The molecule has 0 aliphatic carbocycles. The van der Waals surface area contributed by atoms with E-state index in [2.05, 4.69) is 19.1 Å². The second-order valence-electron chi connectivity index (χ2n) is 4.80. The maximum atomic E-state index is 11.4. The summed E-state index contributed by atoms with van der Waals surface area (Å²) in [5.41, 5.74) is 4.34. The van der Waals surface area contributed by atoms with Gasteiger partial charge in [-0.3, -0.25) is 0 Å². The molecule has 0 aromatic heterocycles. The van der Waals surface area contributed by atoms with Gasteiger partial charge in [0.1, 0.15) is 0 Å². The van der Waals surface area contributed by atoms with Crippen molar-refractivity contribution >= 4 is 5.97 Å². The van der Waals surface area contributed by atoms with Crippen molar-refractivity contribution in [3.8, 4) is 11.1 Å². The van der Waals surface area contributed by atoms with Gasteiger partial charge in [-0.2, -0.15) is 0 Å². The molecule has 2 aromatic carbocycles. The SMILES string of the molecule is CCCc1cccc(-c2ccc(C)cc2C(=O)O)c1. The summed E-state index contributed by atoms with van der Waals surface area (Å²) in [5.74, 6) is -0.875.